The molecule has 0 spiro atoms. The van der Waals surface area contributed by atoms with Gasteiger partial charge >= 0.3 is 0 Å². The highest BCUT2D eigenvalue weighted by Gasteiger charge is 2.21. The number of hydrogen-bond acceptors (Lipinski definition) is 3. The lowest BCUT2D eigenvalue weighted by Crippen LogP contribution is -2.10. The molecule has 0 radical (unpaired) electrons. The fraction of sp³-hybridized carbons (Fsp3) is 0. The number of hydrogen-bond donors (Lipinski definition) is 0. The van der Waals surface area contributed by atoms with Crippen LogP contribution < -0.4 is 0 Å². The first-order chi connectivity index (χ1) is 8.11. The summed E-state index contributed by atoms with van der Waals surface area (Å²) in [5.41, 5.74) is -0.747. The second-order valence-electron chi connectivity index (χ2n) is 3.14. The molecule has 0 amide bonds. The summed E-state index contributed by atoms with van der Waals surface area (Å²) in [6, 6.07) is 2.20. The van der Waals surface area contributed by atoms with Gasteiger partial charge in [0.2, 0.25) is 5.78 Å². The van der Waals surface area contributed by atoms with Crippen molar-refractivity contribution in [3.63, 3.8) is 0 Å². The molecule has 17 heavy (non-hydrogen) atoms. The van der Waals surface area contributed by atoms with Crippen LogP contribution in [0.5, 0.6) is 0 Å². The van der Waals surface area contributed by atoms with Crippen molar-refractivity contribution in [2.45, 2.75) is 0 Å². The lowest BCUT2D eigenvalue weighted by Gasteiger charge is -2.04. The van der Waals surface area contributed by atoms with Crippen LogP contribution in [-0.2, 0) is 0 Å². The normalized spacial score (nSPS) is 10.3. The van der Waals surface area contributed by atoms with Crippen LogP contribution >= 0.6 is 15.9 Å². The largest absolute Gasteiger partial charge is 0.287 e. The SMILES string of the molecule is O=C(c1cnccn1)c1c(F)ccc(Br)c1F. The van der Waals surface area contributed by atoms with Crippen molar-refractivity contribution in [1.82, 2.24) is 9.97 Å². The van der Waals surface area contributed by atoms with Crippen molar-refractivity contribution in [3.8, 4) is 0 Å². The van der Waals surface area contributed by atoms with E-state index >= 15 is 0 Å². The third-order valence-corrected chi connectivity index (χ3v) is 2.68. The van der Waals surface area contributed by atoms with E-state index in [0.717, 1.165) is 12.3 Å². The number of rotatable bonds is 2. The van der Waals surface area contributed by atoms with Crippen LogP contribution in [0.4, 0.5) is 8.78 Å². The highest BCUT2D eigenvalue weighted by Crippen LogP contribution is 2.23. The minimum atomic E-state index is -0.944. The topological polar surface area (TPSA) is 42.9 Å². The van der Waals surface area contributed by atoms with E-state index in [4.69, 9.17) is 0 Å². The van der Waals surface area contributed by atoms with Crippen molar-refractivity contribution in [1.29, 1.82) is 0 Å². The van der Waals surface area contributed by atoms with Gasteiger partial charge in [-0.2, -0.15) is 0 Å². The molecule has 2 rings (SSSR count). The summed E-state index contributed by atoms with van der Waals surface area (Å²) in [6.07, 6.45) is 3.80. The Bertz CT molecular complexity index is 575. The van der Waals surface area contributed by atoms with Gasteiger partial charge in [-0.1, -0.05) is 0 Å². The molecule has 0 aliphatic rings. The summed E-state index contributed by atoms with van der Waals surface area (Å²) in [5.74, 6) is -2.71. The highest BCUT2D eigenvalue weighted by atomic mass is 79.9. The van der Waals surface area contributed by atoms with Gasteiger partial charge in [-0.25, -0.2) is 13.8 Å². The maximum absolute atomic E-state index is 13.6. The average Bonchev–Trinajstić information content (AvgIpc) is 2.35. The first kappa shape index (κ1) is 11.8. The minimum absolute atomic E-state index is 0.0196. The summed E-state index contributed by atoms with van der Waals surface area (Å²) < 4.78 is 27.1. The van der Waals surface area contributed by atoms with E-state index in [0.29, 0.717) is 0 Å². The fourth-order valence-electron chi connectivity index (χ4n) is 1.28. The van der Waals surface area contributed by atoms with Gasteiger partial charge in [0.15, 0.2) is 5.82 Å². The average molecular weight is 299 g/mol. The molecule has 3 nitrogen and oxygen atoms in total. The third kappa shape index (κ3) is 2.21. The highest BCUT2D eigenvalue weighted by molar-refractivity contribution is 9.10. The zero-order valence-electron chi connectivity index (χ0n) is 8.32. The van der Waals surface area contributed by atoms with Gasteiger partial charge in [0, 0.05) is 12.4 Å². The molecule has 6 heteroatoms. The molecular weight excluding hydrogens is 294 g/mol. The van der Waals surface area contributed by atoms with Crippen LogP contribution in [0.25, 0.3) is 0 Å². The number of aromatic nitrogens is 2. The molecule has 0 saturated heterocycles. The van der Waals surface area contributed by atoms with Crippen LogP contribution in [0, 0.1) is 11.6 Å². The maximum atomic E-state index is 13.6. The maximum Gasteiger partial charge on any atom is 0.218 e. The van der Waals surface area contributed by atoms with Crippen LogP contribution in [0.3, 0.4) is 0 Å². The molecule has 0 atom stereocenters. The Balaban J connectivity index is 2.56. The van der Waals surface area contributed by atoms with E-state index < -0.39 is 23.0 Å². The smallest absolute Gasteiger partial charge is 0.218 e. The van der Waals surface area contributed by atoms with E-state index in [1.165, 1.54) is 18.5 Å². The Labute approximate surface area is 104 Å². The van der Waals surface area contributed by atoms with Gasteiger partial charge < -0.3 is 0 Å². The molecule has 0 saturated carbocycles. The minimum Gasteiger partial charge on any atom is -0.287 e. The standard InChI is InChI=1S/C11H5BrF2N2O/c12-6-1-2-7(13)9(10(6)14)11(17)8-5-15-3-4-16-8/h1-5H. The number of ketones is 1. The lowest BCUT2D eigenvalue weighted by molar-refractivity contribution is 0.102. The van der Waals surface area contributed by atoms with Crippen LogP contribution in [0.2, 0.25) is 0 Å². The van der Waals surface area contributed by atoms with Gasteiger partial charge in [0.25, 0.3) is 0 Å². The molecule has 0 N–H and O–H groups in total. The Kier molecular flexibility index (Phi) is 3.23. The Morgan fingerprint density at radius 1 is 1.24 bits per heavy atom. The van der Waals surface area contributed by atoms with Crippen molar-refractivity contribution >= 4 is 21.7 Å². The number of halogens is 3. The summed E-state index contributed by atoms with van der Waals surface area (Å²) >= 11 is 2.89. The molecule has 1 aromatic heterocycles. The number of carbonyl (C=O) groups is 1. The zero-order chi connectivity index (χ0) is 12.4. The van der Waals surface area contributed by atoms with Crippen molar-refractivity contribution in [2.75, 3.05) is 0 Å². The Morgan fingerprint density at radius 2 is 2.00 bits per heavy atom. The predicted octanol–water partition coefficient (Wildman–Crippen LogP) is 2.75. The number of benzene rings is 1. The van der Waals surface area contributed by atoms with E-state index in [-0.39, 0.29) is 10.2 Å². The van der Waals surface area contributed by atoms with Crippen LogP contribution in [0.1, 0.15) is 16.1 Å². The molecule has 0 aliphatic carbocycles. The summed E-state index contributed by atoms with van der Waals surface area (Å²) in [5, 5.41) is 0. The molecule has 1 aromatic carbocycles. The summed E-state index contributed by atoms with van der Waals surface area (Å²) in [4.78, 5) is 19.2. The van der Waals surface area contributed by atoms with Gasteiger partial charge in [-0.05, 0) is 28.1 Å². The Hall–Kier alpha value is -1.69. The number of carbonyl (C=O) groups excluding carboxylic acids is 1. The van der Waals surface area contributed by atoms with Gasteiger partial charge in [-0.3, -0.25) is 9.78 Å². The molecule has 0 aliphatic heterocycles. The monoisotopic (exact) mass is 298 g/mol. The molecule has 2 aromatic rings. The summed E-state index contributed by atoms with van der Waals surface area (Å²) in [6.45, 7) is 0. The first-order valence-corrected chi connectivity index (χ1v) is 5.34. The van der Waals surface area contributed by atoms with Gasteiger partial charge in [-0.15, -0.1) is 0 Å². The van der Waals surface area contributed by atoms with Gasteiger partial charge in [0.05, 0.1) is 16.2 Å². The third-order valence-electron chi connectivity index (χ3n) is 2.07. The van der Waals surface area contributed by atoms with Crippen molar-refractivity contribution in [3.05, 3.63) is 58.1 Å². The van der Waals surface area contributed by atoms with E-state index in [1.807, 2.05) is 0 Å². The molecular formula is C11H5BrF2N2O. The second kappa shape index (κ2) is 4.67. The van der Waals surface area contributed by atoms with Crippen LogP contribution in [-0.4, -0.2) is 15.8 Å². The van der Waals surface area contributed by atoms with Crippen molar-refractivity contribution < 1.29 is 13.6 Å². The second-order valence-corrected chi connectivity index (χ2v) is 3.99. The number of nitrogens with zero attached hydrogens (tertiary/aromatic N) is 2. The van der Waals surface area contributed by atoms with E-state index in [2.05, 4.69) is 25.9 Å². The molecule has 0 fully saturated rings. The van der Waals surface area contributed by atoms with E-state index in [1.54, 1.807) is 0 Å². The molecule has 0 unspecified atom stereocenters. The van der Waals surface area contributed by atoms with Crippen molar-refractivity contribution in [2.24, 2.45) is 0 Å². The zero-order valence-corrected chi connectivity index (χ0v) is 9.91. The quantitative estimate of drug-likeness (QED) is 0.632. The summed E-state index contributed by atoms with van der Waals surface area (Å²) in [7, 11) is 0. The first-order valence-electron chi connectivity index (χ1n) is 4.55. The Morgan fingerprint density at radius 3 is 2.65 bits per heavy atom. The molecule has 86 valence electrons. The molecule has 1 heterocycles. The fourth-order valence-corrected chi connectivity index (χ4v) is 1.61. The van der Waals surface area contributed by atoms with Crippen LogP contribution in [0.15, 0.2) is 35.2 Å². The predicted molar refractivity (Wildman–Crippen MR) is 59.5 cm³/mol. The van der Waals surface area contributed by atoms with E-state index in [9.17, 15) is 13.6 Å². The lowest BCUT2D eigenvalue weighted by atomic mass is 10.1. The van der Waals surface area contributed by atoms with Gasteiger partial charge in [0.1, 0.15) is 11.5 Å². The molecule has 0 bridgehead atoms.